The molecule has 0 aliphatic rings. The molecule has 1 atom stereocenters. The van der Waals surface area contributed by atoms with E-state index < -0.39 is 11.0 Å². The van der Waals surface area contributed by atoms with Gasteiger partial charge in [0, 0.05) is 22.3 Å². The smallest absolute Gasteiger partial charge is 0.271 e. The van der Waals surface area contributed by atoms with Crippen molar-refractivity contribution in [3.05, 3.63) is 62.1 Å². The maximum Gasteiger partial charge on any atom is 0.271 e. The number of halogens is 2. The van der Waals surface area contributed by atoms with Crippen molar-refractivity contribution >= 4 is 44.8 Å². The quantitative estimate of drug-likeness (QED) is 0.596. The lowest BCUT2D eigenvalue weighted by atomic mass is 10.3. The largest absolute Gasteiger partial charge is 0.479 e. The predicted octanol–water partition coefficient (Wildman–Crippen LogP) is 4.42. The number of nitro benzene ring substituents is 1. The second kappa shape index (κ2) is 7.43. The van der Waals surface area contributed by atoms with E-state index in [0.29, 0.717) is 5.69 Å². The molecule has 1 unspecified atom stereocenters. The van der Waals surface area contributed by atoms with E-state index in [9.17, 15) is 14.9 Å². The molecule has 0 saturated carbocycles. The first kappa shape index (κ1) is 17.2. The molecule has 23 heavy (non-hydrogen) atoms. The van der Waals surface area contributed by atoms with Gasteiger partial charge < -0.3 is 10.1 Å². The average Bonchev–Trinajstić information content (AvgIpc) is 2.51. The van der Waals surface area contributed by atoms with Crippen LogP contribution < -0.4 is 10.1 Å². The monoisotopic (exact) mass is 398 g/mol. The van der Waals surface area contributed by atoms with E-state index in [1.54, 1.807) is 31.2 Å². The van der Waals surface area contributed by atoms with Crippen LogP contribution in [0.25, 0.3) is 0 Å². The highest BCUT2D eigenvalue weighted by Gasteiger charge is 2.18. The van der Waals surface area contributed by atoms with Crippen molar-refractivity contribution in [2.24, 2.45) is 0 Å². The normalized spacial score (nSPS) is 11.6. The van der Waals surface area contributed by atoms with E-state index in [1.807, 2.05) is 0 Å². The number of nitrogens with one attached hydrogen (secondary N) is 1. The number of carbonyl (C=O) groups excluding carboxylic acids is 1. The van der Waals surface area contributed by atoms with Gasteiger partial charge in [0.25, 0.3) is 11.6 Å². The molecule has 0 aliphatic carbocycles. The van der Waals surface area contributed by atoms with Gasteiger partial charge in [-0.3, -0.25) is 14.9 Å². The highest BCUT2D eigenvalue weighted by atomic mass is 79.9. The molecule has 0 saturated heterocycles. The number of anilines is 1. The van der Waals surface area contributed by atoms with Crippen LogP contribution >= 0.6 is 27.5 Å². The second-order valence-corrected chi connectivity index (χ2v) is 5.95. The van der Waals surface area contributed by atoms with Gasteiger partial charge in [-0.2, -0.15) is 0 Å². The van der Waals surface area contributed by atoms with Crippen molar-refractivity contribution in [3.8, 4) is 5.75 Å². The summed E-state index contributed by atoms with van der Waals surface area (Å²) >= 11 is 9.24. The van der Waals surface area contributed by atoms with Crippen LogP contribution in [0, 0.1) is 10.1 Å². The molecule has 2 aromatic carbocycles. The summed E-state index contributed by atoms with van der Waals surface area (Å²) < 4.78 is 6.36. The Balaban J connectivity index is 2.03. The molecule has 120 valence electrons. The van der Waals surface area contributed by atoms with Crippen molar-refractivity contribution in [1.82, 2.24) is 0 Å². The summed E-state index contributed by atoms with van der Waals surface area (Å²) in [6, 6.07) is 10.9. The van der Waals surface area contributed by atoms with E-state index in [-0.39, 0.29) is 22.4 Å². The molecule has 0 aliphatic heterocycles. The molecule has 2 aromatic rings. The first-order valence-corrected chi connectivity index (χ1v) is 7.71. The van der Waals surface area contributed by atoms with Gasteiger partial charge in [-0.15, -0.1) is 0 Å². The minimum Gasteiger partial charge on any atom is -0.479 e. The third-order valence-corrected chi connectivity index (χ3v) is 3.74. The van der Waals surface area contributed by atoms with Crippen LogP contribution in [0.2, 0.25) is 5.02 Å². The topological polar surface area (TPSA) is 81.5 Å². The van der Waals surface area contributed by atoms with Gasteiger partial charge in [0.15, 0.2) is 6.10 Å². The predicted molar refractivity (Wildman–Crippen MR) is 91.0 cm³/mol. The molecule has 0 radical (unpaired) electrons. The Bertz CT molecular complexity index is 737. The van der Waals surface area contributed by atoms with Crippen LogP contribution in [0.15, 0.2) is 46.9 Å². The summed E-state index contributed by atoms with van der Waals surface area (Å²) in [5.74, 6) is -0.155. The van der Waals surface area contributed by atoms with Gasteiger partial charge >= 0.3 is 0 Å². The zero-order valence-corrected chi connectivity index (χ0v) is 14.3. The summed E-state index contributed by atoms with van der Waals surface area (Å²) in [4.78, 5) is 22.2. The molecule has 6 nitrogen and oxygen atoms in total. The highest BCUT2D eigenvalue weighted by Crippen LogP contribution is 2.29. The Hall–Kier alpha value is -2.12. The first-order valence-electron chi connectivity index (χ1n) is 6.54. The van der Waals surface area contributed by atoms with Crippen molar-refractivity contribution < 1.29 is 14.5 Å². The molecule has 0 spiro atoms. The zero-order valence-electron chi connectivity index (χ0n) is 12.0. The standard InChI is InChI=1S/C15H12BrClN2O4/c1-9(15(20)18-11-4-2-10(16)3-5-11)23-14-7-6-12(19(21)22)8-13(14)17/h2-9H,1H3,(H,18,20). The maximum absolute atomic E-state index is 12.1. The number of rotatable bonds is 5. The van der Waals surface area contributed by atoms with Crippen molar-refractivity contribution in [2.75, 3.05) is 5.32 Å². The Labute approximate surface area is 145 Å². The molecule has 0 heterocycles. The third-order valence-electron chi connectivity index (χ3n) is 2.91. The van der Waals surface area contributed by atoms with E-state index in [2.05, 4.69) is 21.2 Å². The van der Waals surface area contributed by atoms with Crippen molar-refractivity contribution in [3.63, 3.8) is 0 Å². The molecule has 0 bridgehead atoms. The number of carbonyl (C=O) groups is 1. The van der Waals surface area contributed by atoms with Crippen LogP contribution in [0.5, 0.6) is 5.75 Å². The van der Waals surface area contributed by atoms with Gasteiger partial charge in [0.05, 0.1) is 9.95 Å². The number of nitro groups is 1. The van der Waals surface area contributed by atoms with Gasteiger partial charge in [-0.05, 0) is 37.3 Å². The van der Waals surface area contributed by atoms with Crippen LogP contribution in [-0.2, 0) is 4.79 Å². The Morgan fingerprint density at radius 2 is 1.96 bits per heavy atom. The zero-order chi connectivity index (χ0) is 17.0. The lowest BCUT2D eigenvalue weighted by Gasteiger charge is -2.15. The number of hydrogen-bond donors (Lipinski definition) is 1. The van der Waals surface area contributed by atoms with E-state index in [0.717, 1.165) is 4.47 Å². The summed E-state index contributed by atoms with van der Waals surface area (Å²) in [5, 5.41) is 13.4. The lowest BCUT2D eigenvalue weighted by Crippen LogP contribution is -2.30. The van der Waals surface area contributed by atoms with Crippen LogP contribution in [0.4, 0.5) is 11.4 Å². The first-order chi connectivity index (χ1) is 10.9. The summed E-state index contributed by atoms with van der Waals surface area (Å²) in [5.41, 5.74) is 0.484. The van der Waals surface area contributed by atoms with Crippen LogP contribution in [0.1, 0.15) is 6.92 Å². The number of nitrogens with zero attached hydrogens (tertiary/aromatic N) is 1. The van der Waals surface area contributed by atoms with Crippen LogP contribution in [-0.4, -0.2) is 16.9 Å². The summed E-state index contributed by atoms with van der Waals surface area (Å²) in [7, 11) is 0. The summed E-state index contributed by atoms with van der Waals surface area (Å²) in [6.07, 6.45) is -0.822. The second-order valence-electron chi connectivity index (χ2n) is 4.63. The fourth-order valence-electron chi connectivity index (χ4n) is 1.72. The fraction of sp³-hybridized carbons (Fsp3) is 0.133. The molecule has 2 rings (SSSR count). The van der Waals surface area contributed by atoms with Crippen molar-refractivity contribution in [1.29, 1.82) is 0 Å². The minimum atomic E-state index is -0.822. The maximum atomic E-state index is 12.1. The number of benzene rings is 2. The third kappa shape index (κ3) is 4.67. The molecule has 0 fully saturated rings. The van der Waals surface area contributed by atoms with Gasteiger partial charge in [-0.1, -0.05) is 27.5 Å². The number of non-ortho nitro benzene ring substituents is 1. The average molecular weight is 400 g/mol. The highest BCUT2D eigenvalue weighted by molar-refractivity contribution is 9.10. The molecule has 8 heteroatoms. The van der Waals surface area contributed by atoms with Gasteiger partial charge in [-0.25, -0.2) is 0 Å². The Kier molecular flexibility index (Phi) is 5.57. The molecule has 1 amide bonds. The SMILES string of the molecule is CC(Oc1ccc([N+](=O)[O-])cc1Cl)C(=O)Nc1ccc(Br)cc1. The van der Waals surface area contributed by atoms with E-state index in [1.165, 1.54) is 18.2 Å². The van der Waals surface area contributed by atoms with Crippen LogP contribution in [0.3, 0.4) is 0 Å². The van der Waals surface area contributed by atoms with Crippen molar-refractivity contribution in [2.45, 2.75) is 13.0 Å². The van der Waals surface area contributed by atoms with E-state index >= 15 is 0 Å². The molecular weight excluding hydrogens is 388 g/mol. The Morgan fingerprint density at radius 3 is 2.52 bits per heavy atom. The van der Waals surface area contributed by atoms with E-state index in [4.69, 9.17) is 16.3 Å². The number of ether oxygens (including phenoxy) is 1. The number of amides is 1. The minimum absolute atomic E-state index is 0.0718. The van der Waals surface area contributed by atoms with Gasteiger partial charge in [0.1, 0.15) is 5.75 Å². The van der Waals surface area contributed by atoms with Gasteiger partial charge in [0.2, 0.25) is 0 Å². The lowest BCUT2D eigenvalue weighted by molar-refractivity contribution is -0.384. The molecule has 0 aromatic heterocycles. The summed E-state index contributed by atoms with van der Waals surface area (Å²) in [6.45, 7) is 1.56. The fourth-order valence-corrected chi connectivity index (χ4v) is 2.20. The Morgan fingerprint density at radius 1 is 1.30 bits per heavy atom. The molecular formula is C15H12BrClN2O4. The molecule has 1 N–H and O–H groups in total. The number of hydrogen-bond acceptors (Lipinski definition) is 4.